The first-order valence-electron chi connectivity index (χ1n) is 6.84. The van der Waals surface area contributed by atoms with Crippen molar-refractivity contribution in [2.45, 2.75) is 46.6 Å². The van der Waals surface area contributed by atoms with E-state index in [9.17, 15) is 4.79 Å². The maximum absolute atomic E-state index is 12.4. The molecule has 4 nitrogen and oxygen atoms in total. The molecule has 1 aromatic heterocycles. The molecule has 1 aromatic rings. The fraction of sp³-hybridized carbons (Fsp3) is 0.714. The Morgan fingerprint density at radius 1 is 1.50 bits per heavy atom. The van der Waals surface area contributed by atoms with Crippen LogP contribution in [0.1, 0.15) is 55.8 Å². The van der Waals surface area contributed by atoms with E-state index in [4.69, 9.17) is 0 Å². The second kappa shape index (κ2) is 5.12. The molecule has 1 unspecified atom stereocenters. The molecule has 0 saturated carbocycles. The Bertz CT molecular complexity index is 436. The SMILES string of the molecule is Cc1cc(C(=O)N2CCCC(C)C2)nn1C(C)C. The van der Waals surface area contributed by atoms with E-state index in [1.54, 1.807) is 0 Å². The molecule has 0 N–H and O–H groups in total. The summed E-state index contributed by atoms with van der Waals surface area (Å²) in [5.74, 6) is 0.694. The molecule has 2 heterocycles. The largest absolute Gasteiger partial charge is 0.337 e. The van der Waals surface area contributed by atoms with Crippen LogP contribution in [0.3, 0.4) is 0 Å². The molecule has 100 valence electrons. The van der Waals surface area contributed by atoms with Crippen LogP contribution in [0.5, 0.6) is 0 Å². The minimum atomic E-state index is 0.0871. The lowest BCUT2D eigenvalue weighted by Gasteiger charge is -2.30. The number of likely N-dealkylation sites (tertiary alicyclic amines) is 1. The van der Waals surface area contributed by atoms with E-state index in [0.29, 0.717) is 17.7 Å². The molecule has 0 spiro atoms. The maximum atomic E-state index is 12.4. The van der Waals surface area contributed by atoms with Gasteiger partial charge in [0.05, 0.1) is 0 Å². The van der Waals surface area contributed by atoms with E-state index in [-0.39, 0.29) is 5.91 Å². The second-order valence-corrected chi connectivity index (χ2v) is 5.71. The maximum Gasteiger partial charge on any atom is 0.274 e. The molecule has 18 heavy (non-hydrogen) atoms. The molecule has 1 aliphatic rings. The summed E-state index contributed by atoms with van der Waals surface area (Å²) in [6, 6.07) is 2.20. The van der Waals surface area contributed by atoms with E-state index >= 15 is 0 Å². The number of carbonyl (C=O) groups excluding carboxylic acids is 1. The monoisotopic (exact) mass is 249 g/mol. The molecule has 1 saturated heterocycles. The highest BCUT2D eigenvalue weighted by Gasteiger charge is 2.24. The Labute approximate surface area is 109 Å². The molecule has 1 fully saturated rings. The summed E-state index contributed by atoms with van der Waals surface area (Å²) in [4.78, 5) is 14.3. The van der Waals surface area contributed by atoms with Crippen LogP contribution in [0.25, 0.3) is 0 Å². The fourth-order valence-corrected chi connectivity index (χ4v) is 2.65. The van der Waals surface area contributed by atoms with Crippen LogP contribution >= 0.6 is 0 Å². The van der Waals surface area contributed by atoms with Crippen LogP contribution in [0, 0.1) is 12.8 Å². The quantitative estimate of drug-likeness (QED) is 0.808. The van der Waals surface area contributed by atoms with Crippen LogP contribution in [0.4, 0.5) is 0 Å². The zero-order valence-electron chi connectivity index (χ0n) is 11.8. The smallest absolute Gasteiger partial charge is 0.274 e. The average Bonchev–Trinajstić information content (AvgIpc) is 2.70. The Morgan fingerprint density at radius 2 is 2.22 bits per heavy atom. The van der Waals surface area contributed by atoms with E-state index in [2.05, 4.69) is 25.9 Å². The van der Waals surface area contributed by atoms with Gasteiger partial charge in [-0.3, -0.25) is 9.48 Å². The van der Waals surface area contributed by atoms with Gasteiger partial charge in [0.25, 0.3) is 5.91 Å². The Kier molecular flexibility index (Phi) is 3.73. The van der Waals surface area contributed by atoms with Crippen molar-refractivity contribution in [2.75, 3.05) is 13.1 Å². The van der Waals surface area contributed by atoms with Gasteiger partial charge in [0.2, 0.25) is 0 Å². The van der Waals surface area contributed by atoms with Crippen molar-refractivity contribution in [2.24, 2.45) is 5.92 Å². The van der Waals surface area contributed by atoms with Crippen molar-refractivity contribution in [3.63, 3.8) is 0 Å². The van der Waals surface area contributed by atoms with Gasteiger partial charge in [-0.05, 0) is 45.6 Å². The molecule has 1 atom stereocenters. The molecule has 4 heteroatoms. The minimum Gasteiger partial charge on any atom is -0.337 e. The molecule has 1 amide bonds. The highest BCUT2D eigenvalue weighted by atomic mass is 16.2. The zero-order valence-corrected chi connectivity index (χ0v) is 11.8. The molecular weight excluding hydrogens is 226 g/mol. The first-order chi connectivity index (χ1) is 8.49. The van der Waals surface area contributed by atoms with Crippen molar-refractivity contribution in [1.82, 2.24) is 14.7 Å². The van der Waals surface area contributed by atoms with Crippen molar-refractivity contribution in [3.8, 4) is 0 Å². The third-order valence-electron chi connectivity index (χ3n) is 3.57. The summed E-state index contributed by atoms with van der Waals surface area (Å²) in [5.41, 5.74) is 1.65. The molecule has 1 aliphatic heterocycles. The van der Waals surface area contributed by atoms with Gasteiger partial charge >= 0.3 is 0 Å². The number of rotatable bonds is 2. The first-order valence-corrected chi connectivity index (χ1v) is 6.84. The van der Waals surface area contributed by atoms with Crippen LogP contribution in [-0.4, -0.2) is 33.7 Å². The summed E-state index contributed by atoms with van der Waals surface area (Å²) in [6.45, 7) is 10.1. The van der Waals surface area contributed by atoms with Gasteiger partial charge in [0.15, 0.2) is 5.69 Å². The van der Waals surface area contributed by atoms with Crippen LogP contribution in [-0.2, 0) is 0 Å². The summed E-state index contributed by atoms with van der Waals surface area (Å²) < 4.78 is 1.92. The molecule has 0 aromatic carbocycles. The fourth-order valence-electron chi connectivity index (χ4n) is 2.65. The lowest BCUT2D eigenvalue weighted by atomic mass is 10.00. The number of amides is 1. The first kappa shape index (κ1) is 13.1. The number of nitrogens with zero attached hydrogens (tertiary/aromatic N) is 3. The third kappa shape index (κ3) is 2.57. The summed E-state index contributed by atoms with van der Waals surface area (Å²) in [7, 11) is 0. The average molecular weight is 249 g/mol. The van der Waals surface area contributed by atoms with E-state index in [0.717, 1.165) is 25.2 Å². The Morgan fingerprint density at radius 3 is 2.78 bits per heavy atom. The number of aryl methyl sites for hydroxylation is 1. The number of piperidine rings is 1. The van der Waals surface area contributed by atoms with Gasteiger partial charge < -0.3 is 4.90 Å². The van der Waals surface area contributed by atoms with Gasteiger partial charge in [0, 0.05) is 24.8 Å². The number of hydrogen-bond acceptors (Lipinski definition) is 2. The third-order valence-corrected chi connectivity index (χ3v) is 3.57. The molecule has 2 rings (SSSR count). The predicted octanol–water partition coefficient (Wildman–Crippen LogP) is 2.64. The van der Waals surface area contributed by atoms with Crippen LogP contribution in [0.15, 0.2) is 6.07 Å². The number of hydrogen-bond donors (Lipinski definition) is 0. The number of carbonyl (C=O) groups is 1. The van der Waals surface area contributed by atoms with Crippen molar-refractivity contribution < 1.29 is 4.79 Å². The molecule has 0 radical (unpaired) electrons. The minimum absolute atomic E-state index is 0.0871. The van der Waals surface area contributed by atoms with Gasteiger partial charge in [-0.1, -0.05) is 6.92 Å². The van der Waals surface area contributed by atoms with Gasteiger partial charge in [-0.15, -0.1) is 0 Å². The van der Waals surface area contributed by atoms with Gasteiger partial charge in [-0.25, -0.2) is 0 Å². The topological polar surface area (TPSA) is 38.1 Å². The molecule has 0 aliphatic carbocycles. The van der Waals surface area contributed by atoms with Crippen molar-refractivity contribution in [1.29, 1.82) is 0 Å². The predicted molar refractivity (Wildman–Crippen MR) is 71.7 cm³/mol. The zero-order chi connectivity index (χ0) is 13.3. The van der Waals surface area contributed by atoms with Gasteiger partial charge in [-0.2, -0.15) is 5.10 Å². The summed E-state index contributed by atoms with van der Waals surface area (Å²) in [6.07, 6.45) is 2.33. The summed E-state index contributed by atoms with van der Waals surface area (Å²) in [5, 5.41) is 4.43. The van der Waals surface area contributed by atoms with E-state index < -0.39 is 0 Å². The molecule has 0 bridgehead atoms. The highest BCUT2D eigenvalue weighted by Crippen LogP contribution is 2.18. The van der Waals surface area contributed by atoms with Crippen molar-refractivity contribution in [3.05, 3.63) is 17.5 Å². The normalized spacial score (nSPS) is 20.5. The van der Waals surface area contributed by atoms with E-state index in [1.807, 2.05) is 22.6 Å². The van der Waals surface area contributed by atoms with Gasteiger partial charge in [0.1, 0.15) is 0 Å². The Balaban J connectivity index is 2.15. The summed E-state index contributed by atoms with van der Waals surface area (Å²) >= 11 is 0. The second-order valence-electron chi connectivity index (χ2n) is 5.71. The highest BCUT2D eigenvalue weighted by molar-refractivity contribution is 5.92. The lowest BCUT2D eigenvalue weighted by molar-refractivity contribution is 0.0676. The van der Waals surface area contributed by atoms with Crippen LogP contribution < -0.4 is 0 Å². The number of aromatic nitrogens is 2. The lowest BCUT2D eigenvalue weighted by Crippen LogP contribution is -2.39. The van der Waals surface area contributed by atoms with E-state index in [1.165, 1.54) is 6.42 Å². The Hall–Kier alpha value is -1.32. The molecular formula is C14H23N3O. The standard InChI is InChI=1S/C14H23N3O/c1-10(2)17-12(4)8-13(15-17)14(18)16-7-5-6-11(3)9-16/h8,10-11H,5-7,9H2,1-4H3. The van der Waals surface area contributed by atoms with Crippen molar-refractivity contribution >= 4 is 5.91 Å². The van der Waals surface area contributed by atoms with Crippen LogP contribution in [0.2, 0.25) is 0 Å².